The lowest BCUT2D eigenvalue weighted by atomic mass is 10.2. The van der Waals surface area contributed by atoms with Crippen molar-refractivity contribution in [2.45, 2.75) is 33.1 Å². The highest BCUT2D eigenvalue weighted by molar-refractivity contribution is 5.34. The van der Waals surface area contributed by atoms with E-state index in [0.29, 0.717) is 0 Å². The molecule has 0 unspecified atom stereocenters. The van der Waals surface area contributed by atoms with Gasteiger partial charge in [0.25, 0.3) is 0 Å². The molecule has 0 amide bonds. The van der Waals surface area contributed by atoms with Gasteiger partial charge in [0, 0.05) is 0 Å². The van der Waals surface area contributed by atoms with Gasteiger partial charge in [-0.25, -0.2) is 0 Å². The third kappa shape index (κ3) is 12.3. The Morgan fingerprint density at radius 1 is 1.00 bits per heavy atom. The molecular weight excluding hydrogens is 180 g/mol. The molecule has 0 aromatic heterocycles. The molecule has 0 fully saturated rings. The first-order valence-electron chi connectivity index (χ1n) is 5.35. The van der Waals surface area contributed by atoms with Crippen LogP contribution in [0.4, 0.5) is 0 Å². The third-order valence-corrected chi connectivity index (χ3v) is 1.61. The summed E-state index contributed by atoms with van der Waals surface area (Å²) in [7, 11) is 0. The highest BCUT2D eigenvalue weighted by Gasteiger charge is 1.74. The van der Waals surface area contributed by atoms with Crippen molar-refractivity contribution in [2.24, 2.45) is 0 Å². The zero-order valence-electron chi connectivity index (χ0n) is 9.59. The van der Waals surface area contributed by atoms with E-state index in [-0.39, 0.29) is 0 Å². The fraction of sp³-hybridized carbons (Fsp3) is 0.333. The smallest absolute Gasteiger partial charge is 0.0102 e. The van der Waals surface area contributed by atoms with Gasteiger partial charge >= 0.3 is 0 Å². The van der Waals surface area contributed by atoms with Crippen molar-refractivity contribution < 1.29 is 0 Å². The molecule has 0 saturated heterocycles. The van der Waals surface area contributed by atoms with E-state index in [1.165, 1.54) is 12.8 Å². The van der Waals surface area contributed by atoms with Crippen LogP contribution in [0.2, 0.25) is 0 Å². The molecule has 15 heavy (non-hydrogen) atoms. The zero-order valence-corrected chi connectivity index (χ0v) is 9.59. The molecule has 0 rings (SSSR count). The van der Waals surface area contributed by atoms with Crippen LogP contribution >= 0.6 is 0 Å². The summed E-state index contributed by atoms with van der Waals surface area (Å²) in [5, 5.41) is 0. The first-order valence-corrected chi connectivity index (χ1v) is 5.35. The topological polar surface area (TPSA) is 0 Å². The lowest BCUT2D eigenvalue weighted by molar-refractivity contribution is 0.815. The van der Waals surface area contributed by atoms with Crippen LogP contribution in [0.3, 0.4) is 0 Å². The molecule has 0 aliphatic carbocycles. The minimum Gasteiger partial charge on any atom is -0.0845 e. The van der Waals surface area contributed by atoms with E-state index in [4.69, 9.17) is 0 Å². The van der Waals surface area contributed by atoms with E-state index in [0.717, 1.165) is 6.42 Å². The number of hydrogen-bond donors (Lipinski definition) is 0. The summed E-state index contributed by atoms with van der Waals surface area (Å²) in [6, 6.07) is 0. The first-order chi connectivity index (χ1) is 7.41. The average molecular weight is 198 g/mol. The Balaban J connectivity index is 3.71. The van der Waals surface area contributed by atoms with Crippen molar-refractivity contribution >= 4 is 0 Å². The second kappa shape index (κ2) is 12.3. The van der Waals surface area contributed by atoms with E-state index in [9.17, 15) is 0 Å². The van der Waals surface area contributed by atoms with Crippen LogP contribution in [0.1, 0.15) is 33.1 Å². The van der Waals surface area contributed by atoms with E-state index in [2.05, 4.69) is 36.7 Å². The average Bonchev–Trinajstić information content (AvgIpc) is 2.26. The Morgan fingerprint density at radius 2 is 1.73 bits per heavy atom. The Bertz CT molecular complexity index is 332. The predicted octanol–water partition coefficient (Wildman–Crippen LogP) is 3.87. The molecule has 0 spiro atoms. The summed E-state index contributed by atoms with van der Waals surface area (Å²) < 4.78 is 0. The van der Waals surface area contributed by atoms with Crippen molar-refractivity contribution in [3.05, 3.63) is 36.5 Å². The molecule has 0 heteroatoms. The minimum atomic E-state index is 1.15. The lowest BCUT2D eigenvalue weighted by Crippen LogP contribution is -1.64. The maximum Gasteiger partial charge on any atom is -0.0102 e. The SMILES string of the molecule is C/C=C/C#CC#C/C=C\C=C/CCCC. The molecule has 0 atom stereocenters. The number of allylic oxidation sites excluding steroid dienone is 6. The van der Waals surface area contributed by atoms with Crippen molar-refractivity contribution in [1.82, 2.24) is 0 Å². The van der Waals surface area contributed by atoms with Crippen LogP contribution in [0.5, 0.6) is 0 Å². The third-order valence-electron chi connectivity index (χ3n) is 1.61. The quantitative estimate of drug-likeness (QED) is 0.365. The van der Waals surface area contributed by atoms with Crippen molar-refractivity contribution in [3.8, 4) is 23.7 Å². The molecule has 0 saturated carbocycles. The fourth-order valence-electron chi connectivity index (χ4n) is 0.839. The van der Waals surface area contributed by atoms with Crippen molar-refractivity contribution in [1.29, 1.82) is 0 Å². The van der Waals surface area contributed by atoms with Gasteiger partial charge in [0.15, 0.2) is 0 Å². The first kappa shape index (κ1) is 13.3. The molecule has 0 N–H and O–H groups in total. The molecule has 0 nitrogen and oxygen atoms in total. The molecular formula is C15H18. The normalized spacial score (nSPS) is 10.3. The second-order valence-corrected chi connectivity index (χ2v) is 2.97. The summed E-state index contributed by atoms with van der Waals surface area (Å²) in [5.74, 6) is 11.1. The van der Waals surface area contributed by atoms with Crippen LogP contribution in [0, 0.1) is 23.7 Å². The Kier molecular flexibility index (Phi) is 11.0. The van der Waals surface area contributed by atoms with Crippen LogP contribution in [-0.4, -0.2) is 0 Å². The predicted molar refractivity (Wildman–Crippen MR) is 68.2 cm³/mol. The maximum atomic E-state index is 2.85. The van der Waals surface area contributed by atoms with Gasteiger partial charge in [-0.3, -0.25) is 0 Å². The summed E-state index contributed by atoms with van der Waals surface area (Å²) >= 11 is 0. The van der Waals surface area contributed by atoms with Crippen LogP contribution in [-0.2, 0) is 0 Å². The number of rotatable bonds is 4. The highest BCUT2D eigenvalue weighted by atomic mass is 13.8. The molecule has 0 aromatic carbocycles. The fourth-order valence-corrected chi connectivity index (χ4v) is 0.839. The summed E-state index contributed by atoms with van der Waals surface area (Å²) in [6.45, 7) is 4.13. The van der Waals surface area contributed by atoms with Gasteiger partial charge in [0.1, 0.15) is 0 Å². The molecule has 0 bridgehead atoms. The van der Waals surface area contributed by atoms with E-state index in [1.807, 2.05) is 31.2 Å². The molecule has 78 valence electrons. The Hall–Kier alpha value is -1.66. The van der Waals surface area contributed by atoms with Gasteiger partial charge in [-0.05, 0) is 37.3 Å². The summed E-state index contributed by atoms with van der Waals surface area (Å²) in [5.41, 5.74) is 0. The van der Waals surface area contributed by atoms with Crippen molar-refractivity contribution in [2.75, 3.05) is 0 Å². The van der Waals surface area contributed by atoms with Gasteiger partial charge in [-0.2, -0.15) is 0 Å². The zero-order chi connectivity index (χ0) is 11.2. The number of hydrogen-bond acceptors (Lipinski definition) is 0. The standard InChI is InChI=1S/C15H18/c1-3-5-7-9-11-13-15-14-12-10-8-6-4-2/h3,5,10,12,14-15H,4,6,8H2,1-2H3/b5-3+,12-10-,15-14-. The molecule has 0 aliphatic rings. The van der Waals surface area contributed by atoms with Gasteiger partial charge in [-0.15, -0.1) is 0 Å². The van der Waals surface area contributed by atoms with E-state index < -0.39 is 0 Å². The van der Waals surface area contributed by atoms with Gasteiger partial charge in [0.05, 0.1) is 0 Å². The second-order valence-electron chi connectivity index (χ2n) is 2.97. The molecule has 0 aliphatic heterocycles. The van der Waals surface area contributed by atoms with Crippen LogP contribution in [0.25, 0.3) is 0 Å². The van der Waals surface area contributed by atoms with E-state index in [1.54, 1.807) is 6.08 Å². The largest absolute Gasteiger partial charge is 0.0845 e. The minimum absolute atomic E-state index is 1.15. The lowest BCUT2D eigenvalue weighted by Gasteiger charge is -1.84. The highest BCUT2D eigenvalue weighted by Crippen LogP contribution is 1.94. The van der Waals surface area contributed by atoms with Gasteiger partial charge in [0.2, 0.25) is 0 Å². The van der Waals surface area contributed by atoms with E-state index >= 15 is 0 Å². The maximum absolute atomic E-state index is 2.85. The van der Waals surface area contributed by atoms with Gasteiger partial charge < -0.3 is 0 Å². The van der Waals surface area contributed by atoms with Crippen LogP contribution in [0.15, 0.2) is 36.5 Å². The Labute approximate surface area is 93.8 Å². The molecule has 0 aromatic rings. The van der Waals surface area contributed by atoms with Gasteiger partial charge in [-0.1, -0.05) is 55.9 Å². The Morgan fingerprint density at radius 3 is 2.40 bits per heavy atom. The monoisotopic (exact) mass is 198 g/mol. The summed E-state index contributed by atoms with van der Waals surface area (Å²) in [4.78, 5) is 0. The van der Waals surface area contributed by atoms with Crippen LogP contribution < -0.4 is 0 Å². The summed E-state index contributed by atoms with van der Waals surface area (Å²) in [6.07, 6.45) is 15.3. The van der Waals surface area contributed by atoms with Crippen molar-refractivity contribution in [3.63, 3.8) is 0 Å². The number of unbranched alkanes of at least 4 members (excludes halogenated alkanes) is 2. The molecule has 0 heterocycles. The molecule has 0 radical (unpaired) electrons.